The molecule has 4 heteroatoms. The van der Waals surface area contributed by atoms with Gasteiger partial charge in [-0.2, -0.15) is 5.43 Å². The van der Waals surface area contributed by atoms with E-state index in [1.165, 1.54) is 0 Å². The summed E-state index contributed by atoms with van der Waals surface area (Å²) in [7, 11) is 1.92. The first-order valence-corrected chi connectivity index (χ1v) is 1.90. The van der Waals surface area contributed by atoms with Gasteiger partial charge in [-0.3, -0.25) is 0 Å². The predicted molar refractivity (Wildman–Crippen MR) is 21.4 cm³/mol. The summed E-state index contributed by atoms with van der Waals surface area (Å²) in [5, 5.41) is 0.968. The van der Waals surface area contributed by atoms with Crippen LogP contribution in [0.5, 0.6) is 0 Å². The zero-order chi connectivity index (χ0) is 4.41. The molecule has 1 heterocycles. The molecule has 0 aliphatic carbocycles. The average Bonchev–Trinajstić information content (AvgIpc) is 1.86. The van der Waals surface area contributed by atoms with Crippen molar-refractivity contribution >= 4 is 0 Å². The third-order valence-corrected chi connectivity index (χ3v) is 0.670. The third kappa shape index (κ3) is 0.662. The van der Waals surface area contributed by atoms with Crippen LogP contribution in [0.25, 0.3) is 5.53 Å². The maximum atomic E-state index is 3.79. The fourth-order valence-corrected chi connectivity index (χ4v) is 0.365. The Bertz CT molecular complexity index is 38.8. The monoisotopic (exact) mass is 88.1 g/mol. The molecule has 0 saturated carbocycles. The topological polar surface area (TPSA) is 42.6 Å². The zero-order valence-corrected chi connectivity index (χ0v) is 3.65. The Morgan fingerprint density at radius 1 is 1.83 bits per heavy atom. The van der Waals surface area contributed by atoms with Gasteiger partial charge in [0, 0.05) is 0 Å². The standard InChI is InChI=1S/C2H8N4/c1-6-4-2-3-5-6/h3-4,6H,2H2,1H3. The normalized spacial score (nSPS) is 34.5. The second-order valence-corrected chi connectivity index (χ2v) is 1.21. The summed E-state index contributed by atoms with van der Waals surface area (Å²) in [6, 6.07) is 0. The molecule has 1 rings (SSSR count). The van der Waals surface area contributed by atoms with Crippen LogP contribution in [0.3, 0.4) is 0 Å². The largest absolute Gasteiger partial charge is 0.367 e. The number of nitrogens with zero attached hydrogens (tertiary/aromatic N) is 1. The Hall–Kier alpha value is -0.160. The molecule has 0 spiro atoms. The van der Waals surface area contributed by atoms with E-state index in [0.717, 1.165) is 11.8 Å². The van der Waals surface area contributed by atoms with Crippen molar-refractivity contribution in [2.24, 2.45) is 0 Å². The molecule has 0 radical (unpaired) electrons. The van der Waals surface area contributed by atoms with Gasteiger partial charge in [0.25, 0.3) is 0 Å². The molecule has 6 heavy (non-hydrogen) atoms. The number of rotatable bonds is 0. The number of hydrogen-bond acceptors (Lipinski definition) is 2. The Kier molecular flexibility index (Phi) is 1.02. The molecule has 0 aromatic rings. The number of quaternary nitrogens is 1. The first kappa shape index (κ1) is 4.01. The fourth-order valence-electron chi connectivity index (χ4n) is 0.365. The molecule has 3 N–H and O–H groups in total. The van der Waals surface area contributed by atoms with Crippen LogP contribution in [-0.2, 0) is 0 Å². The average molecular weight is 88.1 g/mol. The molecular weight excluding hydrogens is 80.0 g/mol. The summed E-state index contributed by atoms with van der Waals surface area (Å²) in [5.74, 6) is 0. The van der Waals surface area contributed by atoms with Gasteiger partial charge in [0.05, 0.1) is 13.7 Å². The van der Waals surface area contributed by atoms with Gasteiger partial charge >= 0.3 is 0 Å². The van der Waals surface area contributed by atoms with Crippen molar-refractivity contribution in [2.45, 2.75) is 0 Å². The van der Waals surface area contributed by atoms with Crippen LogP contribution in [0.15, 0.2) is 0 Å². The third-order valence-electron chi connectivity index (χ3n) is 0.670. The highest BCUT2D eigenvalue weighted by Crippen LogP contribution is 1.58. The SMILES string of the molecule is C[NH+]1[N-]NCN1. The molecular formula is C2H8N4. The zero-order valence-electron chi connectivity index (χ0n) is 3.65. The first-order chi connectivity index (χ1) is 2.89. The summed E-state index contributed by atoms with van der Waals surface area (Å²) in [6.07, 6.45) is 0. The van der Waals surface area contributed by atoms with E-state index in [-0.39, 0.29) is 0 Å². The molecule has 1 saturated heterocycles. The Morgan fingerprint density at radius 3 is 2.83 bits per heavy atom. The van der Waals surface area contributed by atoms with Gasteiger partial charge < -0.3 is 16.1 Å². The van der Waals surface area contributed by atoms with Crippen molar-refractivity contribution in [2.75, 3.05) is 13.7 Å². The van der Waals surface area contributed by atoms with Gasteiger partial charge in [0.15, 0.2) is 0 Å². The lowest BCUT2D eigenvalue weighted by Crippen LogP contribution is -3.09. The summed E-state index contributed by atoms with van der Waals surface area (Å²) in [5.41, 5.74) is 9.50. The van der Waals surface area contributed by atoms with E-state index in [1.807, 2.05) is 7.05 Å². The first-order valence-electron chi connectivity index (χ1n) is 1.90. The van der Waals surface area contributed by atoms with E-state index >= 15 is 0 Å². The van der Waals surface area contributed by atoms with Crippen LogP contribution in [0, 0.1) is 0 Å². The highest BCUT2D eigenvalue weighted by molar-refractivity contribution is 4.48. The smallest absolute Gasteiger partial charge is 0.0801 e. The van der Waals surface area contributed by atoms with Gasteiger partial charge in [-0.25, -0.2) is 0 Å². The second kappa shape index (κ2) is 1.53. The van der Waals surface area contributed by atoms with Crippen LogP contribution in [-0.4, -0.2) is 13.7 Å². The van der Waals surface area contributed by atoms with Crippen LogP contribution in [0.4, 0.5) is 0 Å². The van der Waals surface area contributed by atoms with Crippen molar-refractivity contribution in [1.82, 2.24) is 10.9 Å². The van der Waals surface area contributed by atoms with Crippen molar-refractivity contribution in [3.8, 4) is 0 Å². The van der Waals surface area contributed by atoms with E-state index < -0.39 is 0 Å². The van der Waals surface area contributed by atoms with E-state index in [4.69, 9.17) is 0 Å². The van der Waals surface area contributed by atoms with E-state index in [2.05, 4.69) is 16.4 Å². The second-order valence-electron chi connectivity index (χ2n) is 1.21. The molecule has 4 nitrogen and oxygen atoms in total. The lowest BCUT2D eigenvalue weighted by atomic mass is 11.2. The minimum absolute atomic E-state index is 0.784. The van der Waals surface area contributed by atoms with Crippen LogP contribution >= 0.6 is 0 Å². The Balaban J connectivity index is 2.18. The highest BCUT2D eigenvalue weighted by atomic mass is 15.9. The maximum absolute atomic E-state index is 3.79. The quantitative estimate of drug-likeness (QED) is 0.314. The summed E-state index contributed by atoms with van der Waals surface area (Å²) in [4.78, 5) is 0. The molecule has 1 fully saturated rings. The van der Waals surface area contributed by atoms with Crippen LogP contribution < -0.4 is 16.0 Å². The molecule has 0 aromatic heterocycles. The van der Waals surface area contributed by atoms with Gasteiger partial charge in [0.1, 0.15) is 0 Å². The number of nitrogens with one attached hydrogen (secondary N) is 3. The summed E-state index contributed by atoms with van der Waals surface area (Å²) < 4.78 is 0. The molecule has 1 atom stereocenters. The van der Waals surface area contributed by atoms with Gasteiger partial charge in [-0.1, -0.05) is 0 Å². The van der Waals surface area contributed by atoms with Gasteiger partial charge in [0.2, 0.25) is 0 Å². The fraction of sp³-hybridized carbons (Fsp3) is 1.00. The molecule has 1 unspecified atom stereocenters. The molecule has 36 valence electrons. The van der Waals surface area contributed by atoms with Crippen LogP contribution in [0.1, 0.15) is 0 Å². The predicted octanol–water partition coefficient (Wildman–Crippen LogP) is -2.23. The summed E-state index contributed by atoms with van der Waals surface area (Å²) >= 11 is 0. The van der Waals surface area contributed by atoms with E-state index in [9.17, 15) is 0 Å². The number of hydrogen-bond donors (Lipinski definition) is 3. The molecule has 0 bridgehead atoms. The minimum Gasteiger partial charge on any atom is -0.367 e. The van der Waals surface area contributed by atoms with Gasteiger partial charge in [-0.05, 0) is 0 Å². The van der Waals surface area contributed by atoms with Crippen molar-refractivity contribution < 1.29 is 5.12 Å². The molecule has 1 aliphatic heterocycles. The van der Waals surface area contributed by atoms with E-state index in [1.54, 1.807) is 0 Å². The maximum Gasteiger partial charge on any atom is 0.0801 e. The van der Waals surface area contributed by atoms with Crippen molar-refractivity contribution in [1.29, 1.82) is 0 Å². The van der Waals surface area contributed by atoms with Crippen LogP contribution in [0.2, 0.25) is 0 Å². The lowest BCUT2D eigenvalue weighted by Gasteiger charge is -2.12. The molecule has 1 aliphatic rings. The molecule has 0 aromatic carbocycles. The van der Waals surface area contributed by atoms with Crippen molar-refractivity contribution in [3.63, 3.8) is 0 Å². The minimum atomic E-state index is 0.784. The molecule has 0 amide bonds. The summed E-state index contributed by atoms with van der Waals surface area (Å²) in [6.45, 7) is 0.784. The Morgan fingerprint density at radius 2 is 2.67 bits per heavy atom. The van der Waals surface area contributed by atoms with Gasteiger partial charge in [-0.15, -0.1) is 0 Å². The van der Waals surface area contributed by atoms with E-state index in [0.29, 0.717) is 0 Å². The lowest BCUT2D eigenvalue weighted by molar-refractivity contribution is -0.878. The van der Waals surface area contributed by atoms with Crippen molar-refractivity contribution in [3.05, 3.63) is 5.53 Å². The highest BCUT2D eigenvalue weighted by Gasteiger charge is 1.91. The Labute approximate surface area is 36.4 Å².